The van der Waals surface area contributed by atoms with Crippen molar-refractivity contribution in [1.29, 1.82) is 0 Å². The molecule has 132 valence electrons. The number of thiazole rings is 1. The highest BCUT2D eigenvalue weighted by molar-refractivity contribution is 7.15. The van der Waals surface area contributed by atoms with Gasteiger partial charge in [0.15, 0.2) is 0 Å². The van der Waals surface area contributed by atoms with Gasteiger partial charge in [0.1, 0.15) is 4.88 Å². The van der Waals surface area contributed by atoms with Crippen molar-refractivity contribution in [2.45, 2.75) is 25.8 Å². The number of aromatic nitrogens is 1. The summed E-state index contributed by atoms with van der Waals surface area (Å²) in [5.41, 5.74) is 0.681. The van der Waals surface area contributed by atoms with E-state index in [1.165, 1.54) is 11.3 Å². The Labute approximate surface area is 145 Å². The molecule has 3 aliphatic rings. The van der Waals surface area contributed by atoms with Crippen molar-refractivity contribution in [1.82, 2.24) is 14.8 Å². The summed E-state index contributed by atoms with van der Waals surface area (Å²) in [5.74, 6) is -0.0107. The lowest BCUT2D eigenvalue weighted by atomic mass is 9.94. The minimum Gasteiger partial charge on any atom is -0.473 e. The molecule has 0 radical (unpaired) electrons. The van der Waals surface area contributed by atoms with Crippen LogP contribution in [-0.4, -0.2) is 73.1 Å². The average Bonchev–Trinajstić information content (AvgIpc) is 2.76. The van der Waals surface area contributed by atoms with Gasteiger partial charge < -0.3 is 19.3 Å². The maximum atomic E-state index is 12.9. The Bertz CT molecular complexity index is 633. The van der Waals surface area contributed by atoms with Crippen LogP contribution in [0.5, 0.6) is 5.19 Å². The van der Waals surface area contributed by atoms with Crippen LogP contribution in [-0.2, 0) is 9.53 Å². The van der Waals surface area contributed by atoms with Gasteiger partial charge in [0.05, 0.1) is 25.3 Å². The largest absolute Gasteiger partial charge is 0.473 e. The number of carbonyl (C=O) groups is 2. The van der Waals surface area contributed by atoms with Gasteiger partial charge in [0.2, 0.25) is 5.91 Å². The SMILES string of the molecule is COCCN1C(=O)[C@@H]2CC[C@H]1CN(C(=O)c1sc(OC)nc1C)C2. The highest BCUT2D eigenvalue weighted by Crippen LogP contribution is 2.32. The van der Waals surface area contributed by atoms with Crippen molar-refractivity contribution in [2.75, 3.05) is 40.5 Å². The number of amides is 2. The molecule has 1 aromatic rings. The molecule has 2 bridgehead atoms. The minimum absolute atomic E-state index is 0.0495. The zero-order valence-corrected chi connectivity index (χ0v) is 15.1. The molecule has 0 aliphatic carbocycles. The van der Waals surface area contributed by atoms with Crippen LogP contribution >= 0.6 is 11.3 Å². The number of ether oxygens (including phenoxy) is 2. The number of carbonyl (C=O) groups excluding carboxylic acids is 2. The number of hydrogen-bond donors (Lipinski definition) is 0. The monoisotopic (exact) mass is 353 g/mol. The van der Waals surface area contributed by atoms with Crippen LogP contribution in [0, 0.1) is 12.8 Å². The Hall–Kier alpha value is -1.67. The van der Waals surface area contributed by atoms with Gasteiger partial charge in [-0.05, 0) is 19.8 Å². The van der Waals surface area contributed by atoms with E-state index in [0.29, 0.717) is 42.0 Å². The Balaban J connectivity index is 1.79. The van der Waals surface area contributed by atoms with Crippen LogP contribution in [0.3, 0.4) is 0 Å². The predicted molar refractivity (Wildman–Crippen MR) is 89.4 cm³/mol. The van der Waals surface area contributed by atoms with Gasteiger partial charge in [-0.1, -0.05) is 11.3 Å². The maximum Gasteiger partial charge on any atom is 0.273 e. The Morgan fingerprint density at radius 1 is 1.33 bits per heavy atom. The fraction of sp³-hybridized carbons (Fsp3) is 0.688. The second kappa shape index (κ2) is 7.06. The lowest BCUT2D eigenvalue weighted by Gasteiger charge is -2.35. The second-order valence-electron chi connectivity index (χ2n) is 6.26. The Kier molecular flexibility index (Phi) is 5.05. The van der Waals surface area contributed by atoms with Crippen LogP contribution in [0.1, 0.15) is 28.2 Å². The summed E-state index contributed by atoms with van der Waals surface area (Å²) < 4.78 is 10.3. The summed E-state index contributed by atoms with van der Waals surface area (Å²) in [6, 6.07) is 0.0745. The number of rotatable bonds is 5. The molecule has 2 atom stereocenters. The van der Waals surface area contributed by atoms with Gasteiger partial charge >= 0.3 is 0 Å². The molecule has 4 heterocycles. The number of fused-ring (bicyclic) bond motifs is 4. The smallest absolute Gasteiger partial charge is 0.273 e. The van der Waals surface area contributed by atoms with Crippen molar-refractivity contribution >= 4 is 23.2 Å². The fourth-order valence-electron chi connectivity index (χ4n) is 3.49. The topological polar surface area (TPSA) is 72.0 Å². The summed E-state index contributed by atoms with van der Waals surface area (Å²) in [7, 11) is 3.18. The molecule has 0 unspecified atom stereocenters. The van der Waals surface area contributed by atoms with Gasteiger partial charge in [-0.25, -0.2) is 4.98 Å². The van der Waals surface area contributed by atoms with E-state index in [2.05, 4.69) is 4.98 Å². The third kappa shape index (κ3) is 3.12. The molecule has 0 aromatic carbocycles. The first kappa shape index (κ1) is 17.2. The number of methoxy groups -OCH3 is 2. The second-order valence-corrected chi connectivity index (χ2v) is 7.22. The molecule has 8 heteroatoms. The first-order valence-electron chi connectivity index (χ1n) is 8.15. The molecule has 4 rings (SSSR count). The van der Waals surface area contributed by atoms with E-state index in [0.717, 1.165) is 12.8 Å². The third-order valence-corrected chi connectivity index (χ3v) is 5.87. The molecule has 3 saturated heterocycles. The summed E-state index contributed by atoms with van der Waals surface area (Å²) in [6.45, 7) is 3.98. The summed E-state index contributed by atoms with van der Waals surface area (Å²) in [4.78, 5) is 34.1. The normalized spacial score (nSPS) is 23.5. The third-order valence-electron chi connectivity index (χ3n) is 4.76. The van der Waals surface area contributed by atoms with E-state index in [-0.39, 0.29) is 23.8 Å². The highest BCUT2D eigenvalue weighted by atomic mass is 32.1. The van der Waals surface area contributed by atoms with E-state index < -0.39 is 0 Å². The zero-order valence-electron chi connectivity index (χ0n) is 14.3. The Morgan fingerprint density at radius 3 is 2.79 bits per heavy atom. The predicted octanol–water partition coefficient (Wildman–Crippen LogP) is 1.17. The molecule has 0 saturated carbocycles. The van der Waals surface area contributed by atoms with Crippen molar-refractivity contribution in [3.05, 3.63) is 10.6 Å². The highest BCUT2D eigenvalue weighted by Gasteiger charge is 2.42. The standard InChI is InChI=1S/C16H23N3O4S/c1-10-13(24-16(17-10)23-3)15(21)18-8-11-4-5-12(9-18)19(14(11)20)6-7-22-2/h11-12H,4-9H2,1-3H3/t11-,12+/m1/s1. The van der Waals surface area contributed by atoms with Crippen LogP contribution in [0.15, 0.2) is 0 Å². The van der Waals surface area contributed by atoms with Crippen LogP contribution in [0.4, 0.5) is 0 Å². The van der Waals surface area contributed by atoms with Gasteiger partial charge in [-0.15, -0.1) is 0 Å². The van der Waals surface area contributed by atoms with Crippen LogP contribution in [0.25, 0.3) is 0 Å². The molecular formula is C16H23N3O4S. The average molecular weight is 353 g/mol. The molecule has 7 nitrogen and oxygen atoms in total. The van der Waals surface area contributed by atoms with Crippen molar-refractivity contribution in [3.8, 4) is 5.19 Å². The van der Waals surface area contributed by atoms with Gasteiger partial charge in [0, 0.05) is 32.8 Å². The number of nitrogens with zero attached hydrogens (tertiary/aromatic N) is 3. The van der Waals surface area contributed by atoms with Crippen molar-refractivity contribution < 1.29 is 19.1 Å². The molecule has 0 N–H and O–H groups in total. The lowest BCUT2D eigenvalue weighted by molar-refractivity contribution is -0.140. The summed E-state index contributed by atoms with van der Waals surface area (Å²) >= 11 is 1.26. The fourth-order valence-corrected chi connectivity index (χ4v) is 4.34. The first-order chi connectivity index (χ1) is 11.5. The van der Waals surface area contributed by atoms with Crippen molar-refractivity contribution in [3.63, 3.8) is 0 Å². The lowest BCUT2D eigenvalue weighted by Crippen LogP contribution is -2.49. The van der Waals surface area contributed by atoms with Crippen molar-refractivity contribution in [2.24, 2.45) is 5.92 Å². The van der Waals surface area contributed by atoms with Gasteiger partial charge in [-0.3, -0.25) is 9.59 Å². The molecule has 24 heavy (non-hydrogen) atoms. The quantitative estimate of drug-likeness (QED) is 0.795. The Morgan fingerprint density at radius 2 is 2.12 bits per heavy atom. The van der Waals surface area contributed by atoms with E-state index in [4.69, 9.17) is 9.47 Å². The number of hydrogen-bond acceptors (Lipinski definition) is 6. The van der Waals surface area contributed by atoms with Gasteiger partial charge in [-0.2, -0.15) is 0 Å². The van der Waals surface area contributed by atoms with E-state index in [1.54, 1.807) is 14.2 Å². The molecule has 0 spiro atoms. The molecular weight excluding hydrogens is 330 g/mol. The number of aryl methyl sites for hydroxylation is 1. The molecule has 1 aromatic heterocycles. The van der Waals surface area contributed by atoms with Crippen LogP contribution in [0.2, 0.25) is 0 Å². The van der Waals surface area contributed by atoms with Crippen LogP contribution < -0.4 is 4.74 Å². The molecule has 3 aliphatic heterocycles. The molecule has 2 amide bonds. The first-order valence-corrected chi connectivity index (χ1v) is 8.97. The van der Waals surface area contributed by atoms with Gasteiger partial charge in [0.25, 0.3) is 11.1 Å². The van der Waals surface area contributed by atoms with E-state index >= 15 is 0 Å². The minimum atomic E-state index is -0.111. The summed E-state index contributed by atoms with van der Waals surface area (Å²) in [6.07, 6.45) is 1.79. The zero-order chi connectivity index (χ0) is 17.3. The maximum absolute atomic E-state index is 12.9. The van der Waals surface area contributed by atoms with E-state index in [9.17, 15) is 9.59 Å². The summed E-state index contributed by atoms with van der Waals surface area (Å²) in [5, 5.41) is 0.492. The van der Waals surface area contributed by atoms with E-state index in [1.807, 2.05) is 16.7 Å². The molecule has 3 fully saturated rings. The number of piperidine rings is 1.